The molecule has 39 heavy (non-hydrogen) atoms. The fourth-order valence-electron chi connectivity index (χ4n) is 5.91. The fraction of sp³-hybridized carbons (Fsp3) is 0.481. The highest BCUT2D eigenvalue weighted by Gasteiger charge is 2.64. The molecular formula is C27H34N4O8. The normalized spacial score (nSPS) is 27.4. The molecule has 4 rings (SSSR count). The molecule has 8 N–H and O–H groups in total. The lowest BCUT2D eigenvalue weighted by atomic mass is 9.57. The molecule has 1 aromatic rings. The van der Waals surface area contributed by atoms with Gasteiger partial charge in [-0.2, -0.15) is 0 Å². The summed E-state index contributed by atoms with van der Waals surface area (Å²) < 4.78 is 0. The molecular weight excluding hydrogens is 508 g/mol. The molecule has 4 atom stereocenters. The van der Waals surface area contributed by atoms with E-state index in [0.29, 0.717) is 16.8 Å². The van der Waals surface area contributed by atoms with E-state index in [9.17, 15) is 34.8 Å². The van der Waals surface area contributed by atoms with E-state index in [2.05, 4.69) is 5.16 Å². The molecule has 0 spiro atoms. The number of primary amides is 1. The van der Waals surface area contributed by atoms with Crippen LogP contribution < -0.4 is 11.5 Å². The lowest BCUT2D eigenvalue weighted by Crippen LogP contribution is -2.65. The number of carbonyl (C=O) groups excluding carboxylic acids is 3. The first-order valence-electron chi connectivity index (χ1n) is 12.5. The van der Waals surface area contributed by atoms with Gasteiger partial charge in [-0.3, -0.25) is 19.3 Å². The van der Waals surface area contributed by atoms with Gasteiger partial charge in [0.1, 0.15) is 28.4 Å². The molecule has 0 unspecified atom stereocenters. The Morgan fingerprint density at radius 3 is 2.36 bits per heavy atom. The van der Waals surface area contributed by atoms with Crippen LogP contribution in [0, 0.1) is 11.8 Å². The smallest absolute Gasteiger partial charge is 0.255 e. The summed E-state index contributed by atoms with van der Waals surface area (Å²) in [5, 5.41) is 49.0. The van der Waals surface area contributed by atoms with Crippen molar-refractivity contribution in [3.05, 3.63) is 39.7 Å². The number of likely N-dealkylation sites (N-methyl/N-ethyl adjacent to an activating group) is 1. The molecule has 210 valence electrons. The zero-order valence-corrected chi connectivity index (χ0v) is 22.7. The summed E-state index contributed by atoms with van der Waals surface area (Å²) in [7, 11) is 3.09. The number of carbonyl (C=O) groups is 3. The maximum absolute atomic E-state index is 13.9. The van der Waals surface area contributed by atoms with Gasteiger partial charge in [0, 0.05) is 17.1 Å². The summed E-state index contributed by atoms with van der Waals surface area (Å²) >= 11 is 0. The number of fused-ring (bicyclic) bond motifs is 3. The average molecular weight is 543 g/mol. The third-order valence-corrected chi connectivity index (χ3v) is 7.60. The van der Waals surface area contributed by atoms with E-state index in [1.54, 1.807) is 21.0 Å². The molecule has 0 aromatic heterocycles. The molecule has 0 bridgehead atoms. The number of nitrogen functional groups attached to an aromatic ring is 1. The minimum absolute atomic E-state index is 0.0228. The van der Waals surface area contributed by atoms with Crippen molar-refractivity contribution in [2.45, 2.75) is 57.8 Å². The lowest BCUT2D eigenvalue weighted by molar-refractivity contribution is -0.153. The fourth-order valence-corrected chi connectivity index (χ4v) is 5.91. The van der Waals surface area contributed by atoms with Crippen LogP contribution in [0.3, 0.4) is 0 Å². The Morgan fingerprint density at radius 2 is 1.82 bits per heavy atom. The molecule has 12 heteroatoms. The van der Waals surface area contributed by atoms with Crippen LogP contribution in [0.4, 0.5) is 5.69 Å². The number of nitrogens with zero attached hydrogens (tertiary/aromatic N) is 2. The number of hydrogen-bond donors (Lipinski definition) is 6. The Morgan fingerprint density at radius 1 is 1.21 bits per heavy atom. The minimum atomic E-state index is -2.71. The number of amides is 1. The number of aromatic hydroxyl groups is 1. The predicted molar refractivity (Wildman–Crippen MR) is 142 cm³/mol. The second-order valence-electron chi connectivity index (χ2n) is 11.6. The first-order chi connectivity index (χ1) is 17.9. The molecule has 0 saturated heterocycles. The van der Waals surface area contributed by atoms with Gasteiger partial charge in [0.2, 0.25) is 5.78 Å². The predicted octanol–water partition coefficient (Wildman–Crippen LogP) is 1.09. The Balaban J connectivity index is 1.96. The quantitative estimate of drug-likeness (QED) is 0.105. The summed E-state index contributed by atoms with van der Waals surface area (Å²) in [5.74, 6) is -7.30. The zero-order valence-electron chi connectivity index (χ0n) is 22.7. The number of aliphatic hydroxyl groups is 3. The summed E-state index contributed by atoms with van der Waals surface area (Å²) in [6, 6.07) is 0.337. The van der Waals surface area contributed by atoms with Gasteiger partial charge in [-0.15, -0.1) is 0 Å². The van der Waals surface area contributed by atoms with Crippen molar-refractivity contribution in [1.82, 2.24) is 4.90 Å². The first-order valence-corrected chi connectivity index (χ1v) is 12.5. The summed E-state index contributed by atoms with van der Waals surface area (Å²) in [5.41, 5.74) is 8.12. The maximum Gasteiger partial charge on any atom is 0.255 e. The highest BCUT2D eigenvalue weighted by Crippen LogP contribution is 2.53. The number of phenols is 1. The maximum atomic E-state index is 13.9. The number of aliphatic hydroxyl groups excluding tert-OH is 2. The van der Waals surface area contributed by atoms with Crippen LogP contribution in [0.15, 0.2) is 28.1 Å². The van der Waals surface area contributed by atoms with E-state index in [0.717, 1.165) is 0 Å². The topological polar surface area (TPSA) is 209 Å². The number of phenolic OH excluding ortho intramolecular Hbond substituents is 1. The van der Waals surface area contributed by atoms with Gasteiger partial charge in [0.15, 0.2) is 11.4 Å². The van der Waals surface area contributed by atoms with Gasteiger partial charge in [0.05, 0.1) is 23.0 Å². The Hall–Kier alpha value is -3.90. The van der Waals surface area contributed by atoms with Crippen molar-refractivity contribution in [1.29, 1.82) is 0 Å². The second kappa shape index (κ2) is 9.09. The second-order valence-corrected chi connectivity index (χ2v) is 11.6. The van der Waals surface area contributed by atoms with Gasteiger partial charge in [-0.1, -0.05) is 5.16 Å². The number of ketones is 2. The molecule has 0 heterocycles. The van der Waals surface area contributed by atoms with Crippen LogP contribution in [0.2, 0.25) is 0 Å². The van der Waals surface area contributed by atoms with Crippen molar-refractivity contribution in [3.63, 3.8) is 0 Å². The molecule has 0 aliphatic heterocycles. The van der Waals surface area contributed by atoms with E-state index in [-0.39, 0.29) is 29.7 Å². The van der Waals surface area contributed by atoms with E-state index in [1.165, 1.54) is 11.0 Å². The SMILES string of the molecule is CC(=NOC(C)(C)C)c1cc(N)c(O)c2c1C[C@H]1C[C@H]3[C@H](N(C)C)C(=O)C(C(N)=O)=C(O)[C@@]3(O)C(=O)C1=C2O. The van der Waals surface area contributed by atoms with Crippen LogP contribution in [0.1, 0.15) is 50.8 Å². The van der Waals surface area contributed by atoms with Gasteiger partial charge < -0.3 is 36.7 Å². The highest BCUT2D eigenvalue weighted by atomic mass is 16.6. The molecule has 1 amide bonds. The average Bonchev–Trinajstić information content (AvgIpc) is 2.81. The molecule has 12 nitrogen and oxygen atoms in total. The monoisotopic (exact) mass is 542 g/mol. The molecule has 3 aliphatic rings. The van der Waals surface area contributed by atoms with E-state index in [1.807, 2.05) is 20.8 Å². The van der Waals surface area contributed by atoms with Crippen LogP contribution in [-0.4, -0.2) is 79.9 Å². The van der Waals surface area contributed by atoms with E-state index >= 15 is 0 Å². The van der Waals surface area contributed by atoms with Gasteiger partial charge >= 0.3 is 0 Å². The number of benzene rings is 1. The largest absolute Gasteiger partial charge is 0.508 e. The van der Waals surface area contributed by atoms with Crippen molar-refractivity contribution >= 4 is 34.6 Å². The standard InChI is InChI=1S/C27H34N4O8/c1-10(30-39-26(2,3)4)12-9-15(28)20(32)17-13(12)7-11-8-14-19(31(5)6)22(34)18(25(29)37)24(36)27(14,38)23(35)16(11)21(17)33/h9,11,14,19,32-33,36,38H,7-8,28H2,1-6H3,(H2,29,37)/t11-,14-,19-,27-/m0/s1. The van der Waals surface area contributed by atoms with Crippen LogP contribution in [0.5, 0.6) is 5.75 Å². The van der Waals surface area contributed by atoms with E-state index in [4.69, 9.17) is 16.3 Å². The highest BCUT2D eigenvalue weighted by molar-refractivity contribution is 6.24. The first kappa shape index (κ1) is 28.1. The third kappa shape index (κ3) is 4.14. The summed E-state index contributed by atoms with van der Waals surface area (Å²) in [4.78, 5) is 46.2. The van der Waals surface area contributed by atoms with E-state index < -0.39 is 69.4 Å². The van der Waals surface area contributed by atoms with Gasteiger partial charge in [-0.05, 0) is 72.2 Å². The van der Waals surface area contributed by atoms with Crippen molar-refractivity contribution < 1.29 is 39.6 Å². The third-order valence-electron chi connectivity index (χ3n) is 7.60. The van der Waals surface area contributed by atoms with Crippen LogP contribution >= 0.6 is 0 Å². The molecule has 1 saturated carbocycles. The van der Waals surface area contributed by atoms with Crippen molar-refractivity contribution in [2.75, 3.05) is 19.8 Å². The van der Waals surface area contributed by atoms with Crippen LogP contribution in [-0.2, 0) is 25.6 Å². The number of hydrogen-bond acceptors (Lipinski definition) is 11. The Kier molecular flexibility index (Phi) is 6.56. The van der Waals surface area contributed by atoms with Gasteiger partial charge in [-0.25, -0.2) is 0 Å². The van der Waals surface area contributed by atoms with Gasteiger partial charge in [0.25, 0.3) is 5.91 Å². The number of rotatable bonds is 4. The number of Topliss-reactive ketones (excluding diaryl/α,β-unsaturated/α-hetero) is 2. The summed E-state index contributed by atoms with van der Waals surface area (Å²) in [6.07, 6.45) is 0.0884. The number of nitrogens with two attached hydrogens (primary N) is 2. The molecule has 1 aromatic carbocycles. The number of anilines is 1. The number of oxime groups is 1. The van der Waals surface area contributed by atoms with Crippen LogP contribution in [0.25, 0.3) is 5.76 Å². The summed E-state index contributed by atoms with van der Waals surface area (Å²) in [6.45, 7) is 7.13. The molecule has 0 radical (unpaired) electrons. The van der Waals surface area contributed by atoms with Crippen molar-refractivity contribution in [2.24, 2.45) is 22.7 Å². The minimum Gasteiger partial charge on any atom is -0.508 e. The van der Waals surface area contributed by atoms with Crippen molar-refractivity contribution in [3.8, 4) is 5.75 Å². The lowest BCUT2D eigenvalue weighted by Gasteiger charge is -2.50. The molecule has 3 aliphatic carbocycles. The molecule has 1 fully saturated rings. The Bertz CT molecular complexity index is 1400. The Labute approximate surface area is 225 Å². The zero-order chi connectivity index (χ0) is 29.4.